The number of halogens is 1. The Labute approximate surface area is 137 Å². The van der Waals surface area contributed by atoms with E-state index < -0.39 is 0 Å². The van der Waals surface area contributed by atoms with Crippen LogP contribution in [0.2, 0.25) is 5.02 Å². The van der Waals surface area contributed by atoms with Gasteiger partial charge in [0.2, 0.25) is 0 Å². The molecule has 2 aromatic carbocycles. The number of benzene rings is 2. The molecule has 0 aromatic heterocycles. The zero-order valence-corrected chi connectivity index (χ0v) is 14.1. The van der Waals surface area contributed by atoms with Crippen LogP contribution in [0.3, 0.4) is 0 Å². The van der Waals surface area contributed by atoms with Crippen molar-refractivity contribution < 1.29 is 4.74 Å². The van der Waals surface area contributed by atoms with Gasteiger partial charge in [0.25, 0.3) is 0 Å². The Morgan fingerprint density at radius 1 is 1.14 bits per heavy atom. The van der Waals surface area contributed by atoms with Gasteiger partial charge in [-0.05, 0) is 48.4 Å². The van der Waals surface area contributed by atoms with Crippen molar-refractivity contribution in [1.82, 2.24) is 0 Å². The number of nitrogens with zero attached hydrogens (tertiary/aromatic N) is 1. The van der Waals surface area contributed by atoms with Gasteiger partial charge in [-0.15, -0.1) is 0 Å². The molecule has 3 nitrogen and oxygen atoms in total. The van der Waals surface area contributed by atoms with E-state index in [1.165, 1.54) is 11.3 Å². The largest absolute Gasteiger partial charge is 0.495 e. The molecule has 0 saturated carbocycles. The number of nitrogens with two attached hydrogens (primary N) is 1. The fourth-order valence-corrected chi connectivity index (χ4v) is 2.78. The van der Waals surface area contributed by atoms with Gasteiger partial charge in [-0.1, -0.05) is 29.8 Å². The maximum Gasteiger partial charge on any atom is 0.137 e. The molecule has 0 fully saturated rings. The maximum absolute atomic E-state index is 6.20. The summed E-state index contributed by atoms with van der Waals surface area (Å²) >= 11 is 6.20. The predicted molar refractivity (Wildman–Crippen MR) is 94.3 cm³/mol. The molecule has 0 spiro atoms. The molecule has 0 heterocycles. The molecule has 118 valence electrons. The van der Waals surface area contributed by atoms with Crippen molar-refractivity contribution in [3.05, 3.63) is 58.6 Å². The number of anilines is 1. The summed E-state index contributed by atoms with van der Waals surface area (Å²) in [5.41, 5.74) is 9.58. The lowest BCUT2D eigenvalue weighted by molar-refractivity contribution is 0.415. The molecule has 0 bridgehead atoms. The molecular formula is C18H23ClN2O. The van der Waals surface area contributed by atoms with Gasteiger partial charge in [0.1, 0.15) is 5.75 Å². The van der Waals surface area contributed by atoms with E-state index in [0.717, 1.165) is 12.0 Å². The Morgan fingerprint density at radius 2 is 1.82 bits per heavy atom. The van der Waals surface area contributed by atoms with E-state index in [1.807, 2.05) is 32.3 Å². The van der Waals surface area contributed by atoms with E-state index >= 15 is 0 Å². The third kappa shape index (κ3) is 3.93. The van der Waals surface area contributed by atoms with E-state index in [1.54, 1.807) is 7.11 Å². The van der Waals surface area contributed by atoms with Crippen molar-refractivity contribution in [3.63, 3.8) is 0 Å². The highest BCUT2D eigenvalue weighted by molar-refractivity contribution is 6.32. The standard InChI is InChI=1S/C18H23ClN2O/c1-21(2)16-7-5-14(6-8-16)15(12-20)10-13-4-9-18(22-3)17(19)11-13/h4-9,11,15H,10,12,20H2,1-3H3. The molecule has 0 radical (unpaired) electrons. The predicted octanol–water partition coefficient (Wildman–Crippen LogP) is 3.70. The fourth-order valence-electron chi connectivity index (χ4n) is 2.50. The molecule has 2 aromatic rings. The first-order chi connectivity index (χ1) is 10.5. The summed E-state index contributed by atoms with van der Waals surface area (Å²) in [6.07, 6.45) is 0.863. The monoisotopic (exact) mass is 318 g/mol. The Bertz CT molecular complexity index is 611. The number of methoxy groups -OCH3 is 1. The first kappa shape index (κ1) is 16.7. The Kier molecular flexibility index (Phi) is 5.69. The lowest BCUT2D eigenvalue weighted by Gasteiger charge is -2.18. The highest BCUT2D eigenvalue weighted by Gasteiger charge is 2.12. The van der Waals surface area contributed by atoms with Gasteiger partial charge < -0.3 is 15.4 Å². The van der Waals surface area contributed by atoms with Crippen LogP contribution in [0.15, 0.2) is 42.5 Å². The summed E-state index contributed by atoms with van der Waals surface area (Å²) in [6.45, 7) is 0.602. The number of hydrogen-bond acceptors (Lipinski definition) is 3. The molecule has 2 rings (SSSR count). The topological polar surface area (TPSA) is 38.5 Å². The van der Waals surface area contributed by atoms with Crippen molar-refractivity contribution >= 4 is 17.3 Å². The normalized spacial score (nSPS) is 12.0. The van der Waals surface area contributed by atoms with E-state index in [0.29, 0.717) is 17.3 Å². The molecule has 0 saturated heterocycles. The van der Waals surface area contributed by atoms with Crippen molar-refractivity contribution in [1.29, 1.82) is 0 Å². The van der Waals surface area contributed by atoms with Crippen LogP contribution in [0, 0.1) is 0 Å². The van der Waals surface area contributed by atoms with E-state index in [2.05, 4.69) is 29.2 Å². The molecular weight excluding hydrogens is 296 g/mol. The second kappa shape index (κ2) is 7.52. The van der Waals surface area contributed by atoms with Crippen LogP contribution in [0.1, 0.15) is 17.0 Å². The van der Waals surface area contributed by atoms with Crippen LogP contribution in [0.25, 0.3) is 0 Å². The van der Waals surface area contributed by atoms with Gasteiger partial charge >= 0.3 is 0 Å². The maximum atomic E-state index is 6.20. The number of rotatable bonds is 6. The van der Waals surface area contributed by atoms with Crippen LogP contribution < -0.4 is 15.4 Å². The van der Waals surface area contributed by atoms with Gasteiger partial charge in [0.05, 0.1) is 12.1 Å². The molecule has 0 aliphatic rings. The molecule has 0 aliphatic heterocycles. The molecule has 0 aliphatic carbocycles. The van der Waals surface area contributed by atoms with Crippen LogP contribution in [0.5, 0.6) is 5.75 Å². The Morgan fingerprint density at radius 3 is 2.32 bits per heavy atom. The van der Waals surface area contributed by atoms with E-state index in [-0.39, 0.29) is 5.92 Å². The van der Waals surface area contributed by atoms with E-state index in [4.69, 9.17) is 22.1 Å². The van der Waals surface area contributed by atoms with Crippen LogP contribution in [-0.2, 0) is 6.42 Å². The summed E-state index contributed by atoms with van der Waals surface area (Å²) in [4.78, 5) is 2.09. The third-order valence-electron chi connectivity index (χ3n) is 3.86. The van der Waals surface area contributed by atoms with Gasteiger partial charge in [-0.3, -0.25) is 0 Å². The average Bonchev–Trinajstić information content (AvgIpc) is 2.53. The summed E-state index contributed by atoms with van der Waals surface area (Å²) in [5, 5.41) is 0.638. The van der Waals surface area contributed by atoms with Crippen molar-refractivity contribution in [2.24, 2.45) is 5.73 Å². The second-order valence-electron chi connectivity index (χ2n) is 5.59. The minimum atomic E-state index is 0.278. The zero-order chi connectivity index (χ0) is 16.1. The van der Waals surface area contributed by atoms with E-state index in [9.17, 15) is 0 Å². The molecule has 4 heteroatoms. The Balaban J connectivity index is 2.16. The smallest absolute Gasteiger partial charge is 0.137 e. The van der Waals surface area contributed by atoms with Gasteiger partial charge in [0, 0.05) is 25.7 Å². The third-order valence-corrected chi connectivity index (χ3v) is 4.16. The van der Waals surface area contributed by atoms with Gasteiger partial charge in [0.15, 0.2) is 0 Å². The number of ether oxygens (including phenoxy) is 1. The summed E-state index contributed by atoms with van der Waals surface area (Å²) in [5.74, 6) is 0.978. The quantitative estimate of drug-likeness (QED) is 0.882. The minimum absolute atomic E-state index is 0.278. The molecule has 2 N–H and O–H groups in total. The highest BCUT2D eigenvalue weighted by Crippen LogP contribution is 2.28. The van der Waals surface area contributed by atoms with Gasteiger partial charge in [-0.25, -0.2) is 0 Å². The molecule has 1 unspecified atom stereocenters. The summed E-state index contributed by atoms with van der Waals surface area (Å²) in [7, 11) is 5.69. The highest BCUT2D eigenvalue weighted by atomic mass is 35.5. The zero-order valence-electron chi connectivity index (χ0n) is 13.3. The number of hydrogen-bond donors (Lipinski definition) is 1. The second-order valence-corrected chi connectivity index (χ2v) is 6.00. The van der Waals surface area contributed by atoms with Gasteiger partial charge in [-0.2, -0.15) is 0 Å². The molecule has 1 atom stereocenters. The fraction of sp³-hybridized carbons (Fsp3) is 0.333. The van der Waals surface area contributed by atoms with Crippen LogP contribution in [-0.4, -0.2) is 27.7 Å². The van der Waals surface area contributed by atoms with Crippen LogP contribution >= 0.6 is 11.6 Å². The summed E-state index contributed by atoms with van der Waals surface area (Å²) < 4.78 is 5.19. The first-order valence-electron chi connectivity index (χ1n) is 7.35. The Hall–Kier alpha value is -1.71. The van der Waals surface area contributed by atoms with Crippen molar-refractivity contribution in [2.45, 2.75) is 12.3 Å². The van der Waals surface area contributed by atoms with Crippen molar-refractivity contribution in [3.8, 4) is 5.75 Å². The minimum Gasteiger partial charge on any atom is -0.495 e. The summed E-state index contributed by atoms with van der Waals surface area (Å²) in [6, 6.07) is 14.5. The first-order valence-corrected chi connectivity index (χ1v) is 7.72. The van der Waals surface area contributed by atoms with Crippen LogP contribution in [0.4, 0.5) is 5.69 Å². The molecule has 0 amide bonds. The SMILES string of the molecule is COc1ccc(CC(CN)c2ccc(N(C)C)cc2)cc1Cl. The molecule has 22 heavy (non-hydrogen) atoms. The van der Waals surface area contributed by atoms with Crippen molar-refractivity contribution in [2.75, 3.05) is 32.6 Å². The average molecular weight is 319 g/mol. The lowest BCUT2D eigenvalue weighted by Crippen LogP contribution is -2.15. The lowest BCUT2D eigenvalue weighted by atomic mass is 9.92.